The predicted molar refractivity (Wildman–Crippen MR) is 119 cm³/mol. The standard InChI is InChI=1S/C22H24N2O8S/c1-5-31-21(26)18-13(23-22(27)24-19(18)17-7-6-8-33-17)11-32-20(25)12-9-15(29-3)16(30-4)10-14(12)28-2/h6-10,19H,5,11H2,1-4H3,(H2,23,24,27). The minimum absolute atomic E-state index is 0.0866. The van der Waals surface area contributed by atoms with Crippen LogP contribution in [0.15, 0.2) is 40.9 Å². The predicted octanol–water partition coefficient (Wildman–Crippen LogP) is 2.80. The Morgan fingerprint density at radius 2 is 1.70 bits per heavy atom. The summed E-state index contributed by atoms with van der Waals surface area (Å²) in [5.74, 6) is -0.475. The number of esters is 2. The summed E-state index contributed by atoms with van der Waals surface area (Å²) in [4.78, 5) is 38.6. The Morgan fingerprint density at radius 1 is 1.00 bits per heavy atom. The van der Waals surface area contributed by atoms with Gasteiger partial charge in [-0.25, -0.2) is 14.4 Å². The maximum Gasteiger partial charge on any atom is 0.342 e. The molecule has 2 amide bonds. The van der Waals surface area contributed by atoms with E-state index >= 15 is 0 Å². The van der Waals surface area contributed by atoms with Crippen LogP contribution in [0.2, 0.25) is 0 Å². The molecule has 1 unspecified atom stereocenters. The van der Waals surface area contributed by atoms with E-state index in [2.05, 4.69) is 10.6 Å². The van der Waals surface area contributed by atoms with Crippen LogP contribution in [0.4, 0.5) is 4.79 Å². The number of thiophene rings is 1. The van der Waals surface area contributed by atoms with Gasteiger partial charge in [-0.15, -0.1) is 11.3 Å². The van der Waals surface area contributed by atoms with Gasteiger partial charge in [0.15, 0.2) is 11.5 Å². The van der Waals surface area contributed by atoms with Gasteiger partial charge in [-0.3, -0.25) is 0 Å². The molecule has 1 aromatic carbocycles. The van der Waals surface area contributed by atoms with Crippen molar-refractivity contribution in [1.82, 2.24) is 10.6 Å². The highest BCUT2D eigenvalue weighted by molar-refractivity contribution is 7.10. The summed E-state index contributed by atoms with van der Waals surface area (Å²) < 4.78 is 26.4. The molecular weight excluding hydrogens is 452 g/mol. The van der Waals surface area contributed by atoms with Crippen molar-refractivity contribution in [3.8, 4) is 17.2 Å². The van der Waals surface area contributed by atoms with Crippen molar-refractivity contribution in [3.63, 3.8) is 0 Å². The van der Waals surface area contributed by atoms with E-state index in [1.54, 1.807) is 19.1 Å². The van der Waals surface area contributed by atoms with Gasteiger partial charge in [0, 0.05) is 17.0 Å². The molecule has 0 spiro atoms. The molecule has 1 aliphatic rings. The third-order valence-electron chi connectivity index (χ3n) is 4.75. The summed E-state index contributed by atoms with van der Waals surface area (Å²) in [6.45, 7) is 1.44. The Balaban J connectivity index is 1.93. The number of carbonyl (C=O) groups excluding carboxylic acids is 3. The quantitative estimate of drug-likeness (QED) is 0.530. The Morgan fingerprint density at radius 3 is 2.30 bits per heavy atom. The van der Waals surface area contributed by atoms with Crippen molar-refractivity contribution < 1.29 is 38.1 Å². The second kappa shape index (κ2) is 10.7. The number of nitrogens with one attached hydrogen (secondary N) is 2. The second-order valence-electron chi connectivity index (χ2n) is 6.64. The van der Waals surface area contributed by atoms with Crippen LogP contribution in [0.5, 0.6) is 17.2 Å². The van der Waals surface area contributed by atoms with Gasteiger partial charge >= 0.3 is 18.0 Å². The van der Waals surface area contributed by atoms with E-state index in [0.29, 0.717) is 11.5 Å². The highest BCUT2D eigenvalue weighted by Gasteiger charge is 2.35. The molecule has 176 valence electrons. The Bertz CT molecular complexity index is 1060. The SMILES string of the molecule is CCOC(=O)C1=C(COC(=O)c2cc(OC)c(OC)cc2OC)NC(=O)NC1c1cccs1. The van der Waals surface area contributed by atoms with E-state index in [-0.39, 0.29) is 35.8 Å². The van der Waals surface area contributed by atoms with E-state index in [1.807, 2.05) is 5.38 Å². The van der Waals surface area contributed by atoms with Gasteiger partial charge in [-0.05, 0) is 18.4 Å². The Labute approximate surface area is 194 Å². The van der Waals surface area contributed by atoms with E-state index in [4.69, 9.17) is 23.7 Å². The number of urea groups is 1. The lowest BCUT2D eigenvalue weighted by Crippen LogP contribution is -2.46. The molecule has 0 fully saturated rings. The van der Waals surface area contributed by atoms with Crippen LogP contribution in [0.3, 0.4) is 0 Å². The zero-order valence-corrected chi connectivity index (χ0v) is 19.4. The number of methoxy groups -OCH3 is 3. The van der Waals surface area contributed by atoms with Crippen LogP contribution in [-0.4, -0.2) is 52.5 Å². The molecule has 33 heavy (non-hydrogen) atoms. The average Bonchev–Trinajstić information content (AvgIpc) is 3.36. The molecule has 2 heterocycles. The van der Waals surface area contributed by atoms with Crippen molar-refractivity contribution in [2.75, 3.05) is 34.5 Å². The Kier molecular flexibility index (Phi) is 7.78. The van der Waals surface area contributed by atoms with Gasteiger partial charge in [-0.2, -0.15) is 0 Å². The molecule has 11 heteroatoms. The van der Waals surface area contributed by atoms with E-state index < -0.39 is 24.0 Å². The monoisotopic (exact) mass is 476 g/mol. The first-order chi connectivity index (χ1) is 15.9. The lowest BCUT2D eigenvalue weighted by atomic mass is 10.0. The molecule has 2 N–H and O–H groups in total. The number of amides is 2. The molecule has 1 aliphatic heterocycles. The third kappa shape index (κ3) is 5.20. The summed E-state index contributed by atoms with van der Waals surface area (Å²) in [7, 11) is 4.30. The molecule has 0 radical (unpaired) electrons. The molecule has 2 aromatic rings. The molecule has 1 aromatic heterocycles. The fourth-order valence-electron chi connectivity index (χ4n) is 3.25. The molecule has 0 saturated carbocycles. The summed E-state index contributed by atoms with van der Waals surface area (Å²) in [5.41, 5.74) is 0.373. The lowest BCUT2D eigenvalue weighted by Gasteiger charge is -2.28. The summed E-state index contributed by atoms with van der Waals surface area (Å²) in [6.07, 6.45) is 0. The fourth-order valence-corrected chi connectivity index (χ4v) is 4.04. The molecule has 3 rings (SSSR count). The van der Waals surface area contributed by atoms with Crippen LogP contribution in [0.1, 0.15) is 28.2 Å². The summed E-state index contributed by atoms with van der Waals surface area (Å²) in [6, 6.07) is 5.25. The number of benzene rings is 1. The number of ether oxygens (including phenoxy) is 5. The Hall–Kier alpha value is -3.73. The topological polar surface area (TPSA) is 121 Å². The van der Waals surface area contributed by atoms with E-state index in [9.17, 15) is 14.4 Å². The van der Waals surface area contributed by atoms with Gasteiger partial charge < -0.3 is 34.3 Å². The highest BCUT2D eigenvalue weighted by Crippen LogP contribution is 2.35. The summed E-state index contributed by atoms with van der Waals surface area (Å²) in [5, 5.41) is 7.10. The number of carbonyl (C=O) groups is 3. The molecule has 1 atom stereocenters. The van der Waals surface area contributed by atoms with Gasteiger partial charge in [0.25, 0.3) is 0 Å². The molecular formula is C22H24N2O8S. The van der Waals surface area contributed by atoms with E-state index in [1.165, 1.54) is 44.8 Å². The highest BCUT2D eigenvalue weighted by atomic mass is 32.1. The van der Waals surface area contributed by atoms with Crippen LogP contribution in [0.25, 0.3) is 0 Å². The smallest absolute Gasteiger partial charge is 0.342 e. The van der Waals surface area contributed by atoms with Crippen molar-refractivity contribution in [2.45, 2.75) is 13.0 Å². The van der Waals surface area contributed by atoms with Gasteiger partial charge in [0.05, 0.1) is 45.2 Å². The molecule has 0 aliphatic carbocycles. The van der Waals surface area contributed by atoms with Crippen molar-refractivity contribution in [1.29, 1.82) is 0 Å². The first kappa shape index (κ1) is 23.9. The fraction of sp³-hybridized carbons (Fsp3) is 0.318. The second-order valence-corrected chi connectivity index (χ2v) is 7.62. The molecule has 0 saturated heterocycles. The van der Waals surface area contributed by atoms with Crippen LogP contribution >= 0.6 is 11.3 Å². The average molecular weight is 477 g/mol. The third-order valence-corrected chi connectivity index (χ3v) is 5.69. The number of rotatable bonds is 9. The molecule has 10 nitrogen and oxygen atoms in total. The number of hydrogen-bond acceptors (Lipinski definition) is 9. The maximum absolute atomic E-state index is 12.9. The van der Waals surface area contributed by atoms with Crippen LogP contribution < -0.4 is 24.8 Å². The van der Waals surface area contributed by atoms with Crippen molar-refractivity contribution in [2.24, 2.45) is 0 Å². The largest absolute Gasteiger partial charge is 0.496 e. The van der Waals surface area contributed by atoms with Crippen LogP contribution in [0, 0.1) is 0 Å². The van der Waals surface area contributed by atoms with Crippen LogP contribution in [-0.2, 0) is 14.3 Å². The van der Waals surface area contributed by atoms with Gasteiger partial charge in [-0.1, -0.05) is 6.07 Å². The molecule has 0 bridgehead atoms. The minimum atomic E-state index is -0.746. The van der Waals surface area contributed by atoms with E-state index in [0.717, 1.165) is 4.88 Å². The lowest BCUT2D eigenvalue weighted by molar-refractivity contribution is -0.139. The first-order valence-corrected chi connectivity index (χ1v) is 10.8. The zero-order valence-electron chi connectivity index (χ0n) is 18.6. The number of hydrogen-bond donors (Lipinski definition) is 2. The van der Waals surface area contributed by atoms with Crippen molar-refractivity contribution >= 4 is 29.3 Å². The maximum atomic E-state index is 12.9. The van der Waals surface area contributed by atoms with Gasteiger partial charge in [0.1, 0.15) is 17.9 Å². The minimum Gasteiger partial charge on any atom is -0.496 e. The van der Waals surface area contributed by atoms with Gasteiger partial charge in [0.2, 0.25) is 0 Å². The zero-order chi connectivity index (χ0) is 24.0. The summed E-state index contributed by atoms with van der Waals surface area (Å²) >= 11 is 1.37. The van der Waals surface area contributed by atoms with Crippen molar-refractivity contribution in [3.05, 3.63) is 51.4 Å². The first-order valence-electron chi connectivity index (χ1n) is 9.91. The normalized spacial score (nSPS) is 15.3.